The number of benzene rings is 1. The lowest BCUT2D eigenvalue weighted by Crippen LogP contribution is -2.32. The Morgan fingerprint density at radius 2 is 2.05 bits per heavy atom. The van der Waals surface area contributed by atoms with Crippen molar-refractivity contribution in [1.29, 1.82) is 0 Å². The van der Waals surface area contributed by atoms with E-state index < -0.39 is 0 Å². The minimum absolute atomic E-state index is 0.0374. The number of hydrogen-bond donors (Lipinski definition) is 1. The highest BCUT2D eigenvalue weighted by Gasteiger charge is 2.38. The molecule has 1 saturated heterocycles. The van der Waals surface area contributed by atoms with Gasteiger partial charge in [-0.1, -0.05) is 56.8 Å². The Labute approximate surface area is 132 Å². The van der Waals surface area contributed by atoms with Crippen LogP contribution in [0.2, 0.25) is 5.02 Å². The molecule has 21 heavy (non-hydrogen) atoms. The van der Waals surface area contributed by atoms with Crippen molar-refractivity contribution in [3.8, 4) is 0 Å². The first-order valence-corrected chi connectivity index (χ1v) is 8.37. The molecule has 3 nitrogen and oxygen atoms in total. The minimum atomic E-state index is -0.0550. The van der Waals surface area contributed by atoms with E-state index in [2.05, 4.69) is 19.2 Å². The summed E-state index contributed by atoms with van der Waals surface area (Å²) in [7, 11) is 0. The van der Waals surface area contributed by atoms with Crippen LogP contribution in [0.25, 0.3) is 0 Å². The number of carbonyl (C=O) groups is 1. The predicted octanol–water partition coefficient (Wildman–Crippen LogP) is 4.13. The van der Waals surface area contributed by atoms with Crippen LogP contribution < -0.4 is 5.32 Å². The average Bonchev–Trinajstić information content (AvgIpc) is 2.77. The van der Waals surface area contributed by atoms with Gasteiger partial charge in [0.2, 0.25) is 5.91 Å². The molecule has 4 heteroatoms. The summed E-state index contributed by atoms with van der Waals surface area (Å²) in [6, 6.07) is 7.75. The highest BCUT2D eigenvalue weighted by Crippen LogP contribution is 2.28. The Morgan fingerprint density at radius 3 is 2.71 bits per heavy atom. The Morgan fingerprint density at radius 1 is 1.24 bits per heavy atom. The highest BCUT2D eigenvalue weighted by atomic mass is 35.5. The standard InChI is InChI=1S/C17H25ClN2O/c1-3-5-6-11-20-16(13-9-7-10-14(18)12-13)19-15(8-4-2)17(20)21/h7,9-10,12,15-16,19H,3-6,8,11H2,1-2H3. The molecule has 1 amide bonds. The van der Waals surface area contributed by atoms with Crippen LogP contribution in [0.4, 0.5) is 0 Å². The Bertz CT molecular complexity index is 478. The fraction of sp³-hybridized carbons (Fsp3) is 0.588. The van der Waals surface area contributed by atoms with Crippen molar-refractivity contribution in [2.75, 3.05) is 6.54 Å². The molecule has 0 aromatic heterocycles. The first kappa shape index (κ1) is 16.3. The van der Waals surface area contributed by atoms with E-state index >= 15 is 0 Å². The molecule has 0 spiro atoms. The van der Waals surface area contributed by atoms with Crippen LogP contribution in [0, 0.1) is 0 Å². The van der Waals surface area contributed by atoms with Gasteiger partial charge in [-0.2, -0.15) is 0 Å². The van der Waals surface area contributed by atoms with Crippen LogP contribution in [0.3, 0.4) is 0 Å². The molecule has 1 aromatic carbocycles. The van der Waals surface area contributed by atoms with Gasteiger partial charge in [-0.05, 0) is 30.5 Å². The molecular formula is C17H25ClN2O. The number of rotatable bonds is 7. The zero-order chi connectivity index (χ0) is 15.2. The van der Waals surface area contributed by atoms with Gasteiger partial charge in [0.1, 0.15) is 6.17 Å². The van der Waals surface area contributed by atoms with E-state index in [0.29, 0.717) is 5.02 Å². The maximum atomic E-state index is 12.6. The largest absolute Gasteiger partial charge is 0.322 e. The van der Waals surface area contributed by atoms with Crippen LogP contribution in [-0.2, 0) is 4.79 Å². The van der Waals surface area contributed by atoms with Crippen LogP contribution in [0.1, 0.15) is 57.7 Å². The molecule has 1 aromatic rings. The quantitative estimate of drug-likeness (QED) is 0.768. The smallest absolute Gasteiger partial charge is 0.241 e. The third kappa shape index (κ3) is 3.98. The summed E-state index contributed by atoms with van der Waals surface area (Å²) in [5.74, 6) is 0.234. The van der Waals surface area contributed by atoms with Crippen molar-refractivity contribution in [2.45, 2.75) is 58.2 Å². The number of amides is 1. The van der Waals surface area contributed by atoms with Crippen molar-refractivity contribution in [2.24, 2.45) is 0 Å². The van der Waals surface area contributed by atoms with Gasteiger partial charge in [-0.3, -0.25) is 10.1 Å². The molecule has 0 bridgehead atoms. The average molecular weight is 309 g/mol. The number of nitrogens with zero attached hydrogens (tertiary/aromatic N) is 1. The van der Waals surface area contributed by atoms with Crippen LogP contribution in [0.5, 0.6) is 0 Å². The molecule has 2 atom stereocenters. The predicted molar refractivity (Wildman–Crippen MR) is 87.3 cm³/mol. The number of nitrogens with one attached hydrogen (secondary N) is 1. The molecule has 1 aliphatic heterocycles. The van der Waals surface area contributed by atoms with Gasteiger partial charge in [0.15, 0.2) is 0 Å². The second-order valence-electron chi connectivity index (χ2n) is 5.70. The van der Waals surface area contributed by atoms with Gasteiger partial charge in [-0.15, -0.1) is 0 Å². The lowest BCUT2D eigenvalue weighted by atomic mass is 10.1. The number of unbranched alkanes of at least 4 members (excludes halogenated alkanes) is 2. The zero-order valence-corrected chi connectivity index (χ0v) is 13.7. The summed E-state index contributed by atoms with van der Waals surface area (Å²) < 4.78 is 0. The topological polar surface area (TPSA) is 32.3 Å². The summed E-state index contributed by atoms with van der Waals surface area (Å²) in [4.78, 5) is 14.6. The van der Waals surface area contributed by atoms with Gasteiger partial charge in [0.25, 0.3) is 0 Å². The normalized spacial score (nSPS) is 22.0. The lowest BCUT2D eigenvalue weighted by molar-refractivity contribution is -0.130. The van der Waals surface area contributed by atoms with Crippen molar-refractivity contribution >= 4 is 17.5 Å². The fourth-order valence-electron chi connectivity index (χ4n) is 2.90. The van der Waals surface area contributed by atoms with Gasteiger partial charge in [-0.25, -0.2) is 0 Å². The summed E-state index contributed by atoms with van der Waals surface area (Å²) in [5.41, 5.74) is 1.07. The molecular weight excluding hydrogens is 284 g/mol. The van der Waals surface area contributed by atoms with Crippen LogP contribution in [0.15, 0.2) is 24.3 Å². The monoisotopic (exact) mass is 308 g/mol. The van der Waals surface area contributed by atoms with Crippen molar-refractivity contribution in [3.05, 3.63) is 34.9 Å². The highest BCUT2D eigenvalue weighted by molar-refractivity contribution is 6.30. The molecule has 0 radical (unpaired) electrons. The molecule has 0 saturated carbocycles. The van der Waals surface area contributed by atoms with E-state index in [-0.39, 0.29) is 18.1 Å². The van der Waals surface area contributed by atoms with E-state index in [1.165, 1.54) is 0 Å². The van der Waals surface area contributed by atoms with Crippen molar-refractivity contribution < 1.29 is 4.79 Å². The molecule has 2 unspecified atom stereocenters. The Balaban J connectivity index is 2.16. The third-order valence-electron chi connectivity index (χ3n) is 4.00. The maximum Gasteiger partial charge on any atom is 0.241 e. The SMILES string of the molecule is CCCCCN1C(=O)C(CCC)NC1c1cccc(Cl)c1. The second kappa shape index (κ2) is 7.81. The Hall–Kier alpha value is -1.06. The van der Waals surface area contributed by atoms with Crippen LogP contribution in [-0.4, -0.2) is 23.4 Å². The van der Waals surface area contributed by atoms with E-state index in [1.54, 1.807) is 0 Å². The van der Waals surface area contributed by atoms with Gasteiger partial charge >= 0.3 is 0 Å². The Kier molecular flexibility index (Phi) is 6.07. The molecule has 1 aliphatic rings. The molecule has 2 rings (SSSR count). The van der Waals surface area contributed by atoms with Crippen LogP contribution >= 0.6 is 11.6 Å². The number of carbonyl (C=O) groups excluding carboxylic acids is 1. The molecule has 0 aliphatic carbocycles. The van der Waals surface area contributed by atoms with Gasteiger partial charge in [0, 0.05) is 11.6 Å². The summed E-state index contributed by atoms with van der Waals surface area (Å²) in [5, 5.41) is 4.20. The van der Waals surface area contributed by atoms with E-state index in [0.717, 1.165) is 44.2 Å². The van der Waals surface area contributed by atoms with E-state index in [1.807, 2.05) is 29.2 Å². The molecule has 1 N–H and O–H groups in total. The molecule has 1 heterocycles. The third-order valence-corrected chi connectivity index (χ3v) is 4.23. The summed E-state index contributed by atoms with van der Waals surface area (Å²) in [6.45, 7) is 5.11. The second-order valence-corrected chi connectivity index (χ2v) is 6.14. The van der Waals surface area contributed by atoms with Crippen molar-refractivity contribution in [1.82, 2.24) is 10.2 Å². The minimum Gasteiger partial charge on any atom is -0.322 e. The first-order chi connectivity index (χ1) is 10.2. The number of hydrogen-bond acceptors (Lipinski definition) is 2. The van der Waals surface area contributed by atoms with Gasteiger partial charge in [0.05, 0.1) is 6.04 Å². The summed E-state index contributed by atoms with van der Waals surface area (Å²) >= 11 is 6.10. The van der Waals surface area contributed by atoms with Crippen molar-refractivity contribution in [3.63, 3.8) is 0 Å². The van der Waals surface area contributed by atoms with E-state index in [4.69, 9.17) is 11.6 Å². The maximum absolute atomic E-state index is 12.6. The molecule has 116 valence electrons. The molecule has 1 fully saturated rings. The summed E-state index contributed by atoms with van der Waals surface area (Å²) in [6.07, 6.45) is 5.24. The number of halogens is 1. The lowest BCUT2D eigenvalue weighted by Gasteiger charge is -2.24. The fourth-order valence-corrected chi connectivity index (χ4v) is 3.10. The van der Waals surface area contributed by atoms with E-state index in [9.17, 15) is 4.79 Å². The zero-order valence-electron chi connectivity index (χ0n) is 12.9. The van der Waals surface area contributed by atoms with Gasteiger partial charge < -0.3 is 4.90 Å². The first-order valence-electron chi connectivity index (χ1n) is 7.99.